The van der Waals surface area contributed by atoms with E-state index in [9.17, 15) is 8.78 Å². The van der Waals surface area contributed by atoms with Crippen molar-refractivity contribution in [3.8, 4) is 5.75 Å². The van der Waals surface area contributed by atoms with E-state index >= 15 is 0 Å². The minimum absolute atomic E-state index is 0.0672. The zero-order chi connectivity index (χ0) is 13.8. The number of para-hydroxylation sites is 1. The Labute approximate surface area is 111 Å². The van der Waals surface area contributed by atoms with Crippen molar-refractivity contribution in [2.75, 3.05) is 6.61 Å². The molecule has 1 aromatic rings. The molecule has 1 rings (SSSR count). The highest BCUT2D eigenvalue weighted by Crippen LogP contribution is 2.29. The van der Waals surface area contributed by atoms with Crippen molar-refractivity contribution in [2.45, 2.75) is 39.3 Å². The van der Waals surface area contributed by atoms with Crippen LogP contribution in [0.2, 0.25) is 5.02 Å². The standard InChI is InChI=1S/C13H18ClF2NO/c1-13(2,3)17-7-9-5-4-6-10(14)12(9)18-8-11(15)16/h4-6,11,17H,7-8H2,1-3H3. The molecule has 0 fully saturated rings. The molecule has 0 spiro atoms. The van der Waals surface area contributed by atoms with Gasteiger partial charge in [-0.05, 0) is 26.8 Å². The van der Waals surface area contributed by atoms with Gasteiger partial charge in [-0.3, -0.25) is 0 Å². The van der Waals surface area contributed by atoms with E-state index in [-0.39, 0.29) is 5.54 Å². The largest absolute Gasteiger partial charge is 0.486 e. The van der Waals surface area contributed by atoms with Crippen LogP contribution >= 0.6 is 11.6 Å². The second-order valence-corrected chi connectivity index (χ2v) is 5.44. The van der Waals surface area contributed by atoms with Crippen LogP contribution in [0, 0.1) is 0 Å². The summed E-state index contributed by atoms with van der Waals surface area (Å²) in [5, 5.41) is 3.62. The van der Waals surface area contributed by atoms with Gasteiger partial charge in [0.1, 0.15) is 12.4 Å². The number of nitrogens with one attached hydrogen (secondary N) is 1. The highest BCUT2D eigenvalue weighted by molar-refractivity contribution is 6.32. The highest BCUT2D eigenvalue weighted by atomic mass is 35.5. The first kappa shape index (κ1) is 15.2. The number of hydrogen-bond acceptors (Lipinski definition) is 2. The minimum atomic E-state index is -2.51. The summed E-state index contributed by atoms with van der Waals surface area (Å²) in [6, 6.07) is 5.21. The second-order valence-electron chi connectivity index (χ2n) is 5.03. The molecule has 0 atom stereocenters. The number of benzene rings is 1. The lowest BCUT2D eigenvalue weighted by molar-refractivity contribution is 0.0813. The van der Waals surface area contributed by atoms with E-state index in [1.807, 2.05) is 26.8 Å². The fraction of sp³-hybridized carbons (Fsp3) is 0.538. The van der Waals surface area contributed by atoms with Crippen LogP contribution < -0.4 is 10.1 Å². The number of rotatable bonds is 5. The van der Waals surface area contributed by atoms with E-state index in [4.69, 9.17) is 16.3 Å². The Bertz CT molecular complexity index is 391. The number of alkyl halides is 2. The predicted molar refractivity (Wildman–Crippen MR) is 69.5 cm³/mol. The quantitative estimate of drug-likeness (QED) is 0.882. The molecule has 0 aliphatic heterocycles. The molecule has 0 aromatic heterocycles. The summed E-state index contributed by atoms with van der Waals surface area (Å²) in [5.41, 5.74) is 0.709. The zero-order valence-electron chi connectivity index (χ0n) is 10.8. The van der Waals surface area contributed by atoms with Crippen LogP contribution in [0.15, 0.2) is 18.2 Å². The molecule has 5 heteroatoms. The van der Waals surface area contributed by atoms with E-state index in [1.54, 1.807) is 12.1 Å². The van der Waals surface area contributed by atoms with Gasteiger partial charge in [0.2, 0.25) is 0 Å². The molecule has 0 aliphatic rings. The topological polar surface area (TPSA) is 21.3 Å². The van der Waals surface area contributed by atoms with Crippen molar-refractivity contribution >= 4 is 11.6 Å². The van der Waals surface area contributed by atoms with Crippen LogP contribution in [0.25, 0.3) is 0 Å². The summed E-state index contributed by atoms with van der Waals surface area (Å²) in [5.74, 6) is 0.330. The van der Waals surface area contributed by atoms with Gasteiger partial charge in [-0.1, -0.05) is 23.7 Å². The molecular formula is C13H18ClF2NO. The van der Waals surface area contributed by atoms with E-state index < -0.39 is 13.0 Å². The first-order valence-electron chi connectivity index (χ1n) is 5.73. The Morgan fingerprint density at radius 3 is 2.56 bits per heavy atom. The normalized spacial score (nSPS) is 11.9. The molecule has 0 aliphatic carbocycles. The maximum absolute atomic E-state index is 12.2. The Hall–Kier alpha value is -0.870. The van der Waals surface area contributed by atoms with Gasteiger partial charge in [0.15, 0.2) is 0 Å². The number of hydrogen-bond donors (Lipinski definition) is 1. The summed E-state index contributed by atoms with van der Waals surface area (Å²) in [4.78, 5) is 0. The Kier molecular flexibility index (Phi) is 5.35. The summed E-state index contributed by atoms with van der Waals surface area (Å²) in [6.45, 7) is 5.95. The monoisotopic (exact) mass is 277 g/mol. The van der Waals surface area contributed by atoms with Crippen molar-refractivity contribution in [1.82, 2.24) is 5.32 Å². The molecule has 0 saturated carbocycles. The third-order valence-electron chi connectivity index (χ3n) is 2.21. The SMILES string of the molecule is CC(C)(C)NCc1cccc(Cl)c1OCC(F)F. The van der Waals surface area contributed by atoms with Crippen molar-refractivity contribution in [1.29, 1.82) is 0 Å². The van der Waals surface area contributed by atoms with Crippen molar-refractivity contribution in [3.05, 3.63) is 28.8 Å². The van der Waals surface area contributed by atoms with Gasteiger partial charge in [0.05, 0.1) is 5.02 Å². The van der Waals surface area contributed by atoms with Gasteiger partial charge in [-0.2, -0.15) is 0 Å². The summed E-state index contributed by atoms with van der Waals surface area (Å²) < 4.78 is 29.4. The number of ether oxygens (including phenoxy) is 1. The minimum Gasteiger partial charge on any atom is -0.486 e. The van der Waals surface area contributed by atoms with Gasteiger partial charge in [0.25, 0.3) is 6.43 Å². The summed E-state index contributed by atoms with van der Waals surface area (Å²) in [6.07, 6.45) is -2.51. The molecule has 0 amide bonds. The molecule has 1 aromatic carbocycles. The molecule has 0 unspecified atom stereocenters. The summed E-state index contributed by atoms with van der Waals surface area (Å²) in [7, 11) is 0. The van der Waals surface area contributed by atoms with Crippen molar-refractivity contribution in [3.63, 3.8) is 0 Å². The molecule has 0 heterocycles. The van der Waals surface area contributed by atoms with Crippen molar-refractivity contribution in [2.24, 2.45) is 0 Å². The first-order valence-corrected chi connectivity index (χ1v) is 6.11. The van der Waals surface area contributed by atoms with Crippen LogP contribution in [0.1, 0.15) is 26.3 Å². The molecular weight excluding hydrogens is 260 g/mol. The third-order valence-corrected chi connectivity index (χ3v) is 2.51. The molecule has 0 saturated heterocycles. The zero-order valence-corrected chi connectivity index (χ0v) is 11.5. The lowest BCUT2D eigenvalue weighted by Crippen LogP contribution is -2.35. The maximum Gasteiger partial charge on any atom is 0.272 e. The number of halogens is 3. The van der Waals surface area contributed by atoms with Crippen LogP contribution in [0.4, 0.5) is 8.78 Å². The summed E-state index contributed by atoms with van der Waals surface area (Å²) >= 11 is 5.97. The van der Waals surface area contributed by atoms with E-state index in [0.717, 1.165) is 5.56 Å². The van der Waals surface area contributed by atoms with Crippen LogP contribution in [0.5, 0.6) is 5.75 Å². The van der Waals surface area contributed by atoms with Gasteiger partial charge in [0, 0.05) is 17.6 Å². The molecule has 0 bridgehead atoms. The third kappa shape index (κ3) is 5.19. The molecule has 2 nitrogen and oxygen atoms in total. The second kappa shape index (κ2) is 6.34. The Morgan fingerprint density at radius 2 is 2.00 bits per heavy atom. The lowest BCUT2D eigenvalue weighted by atomic mass is 10.1. The van der Waals surface area contributed by atoms with Crippen molar-refractivity contribution < 1.29 is 13.5 Å². The molecule has 18 heavy (non-hydrogen) atoms. The fourth-order valence-corrected chi connectivity index (χ4v) is 1.61. The molecule has 1 N–H and O–H groups in total. The predicted octanol–water partition coefficient (Wildman–Crippen LogP) is 3.87. The molecule has 0 radical (unpaired) electrons. The average Bonchev–Trinajstić information content (AvgIpc) is 2.23. The van der Waals surface area contributed by atoms with E-state index in [0.29, 0.717) is 17.3 Å². The Morgan fingerprint density at radius 1 is 1.33 bits per heavy atom. The molecule has 102 valence electrons. The smallest absolute Gasteiger partial charge is 0.272 e. The van der Waals surface area contributed by atoms with Crippen LogP contribution in [-0.2, 0) is 6.54 Å². The maximum atomic E-state index is 12.2. The van der Waals surface area contributed by atoms with Gasteiger partial charge in [-0.25, -0.2) is 8.78 Å². The highest BCUT2D eigenvalue weighted by Gasteiger charge is 2.14. The average molecular weight is 278 g/mol. The van der Waals surface area contributed by atoms with Crippen LogP contribution in [0.3, 0.4) is 0 Å². The fourth-order valence-electron chi connectivity index (χ4n) is 1.36. The van der Waals surface area contributed by atoms with Gasteiger partial charge < -0.3 is 10.1 Å². The van der Waals surface area contributed by atoms with E-state index in [2.05, 4.69) is 5.32 Å². The van der Waals surface area contributed by atoms with E-state index in [1.165, 1.54) is 0 Å². The van der Waals surface area contributed by atoms with Gasteiger partial charge in [-0.15, -0.1) is 0 Å². The van der Waals surface area contributed by atoms with Gasteiger partial charge >= 0.3 is 0 Å². The van der Waals surface area contributed by atoms with Crippen LogP contribution in [-0.4, -0.2) is 18.6 Å². The lowest BCUT2D eigenvalue weighted by Gasteiger charge is -2.22. The Balaban J connectivity index is 2.80. The first-order chi connectivity index (χ1) is 8.29.